The van der Waals surface area contributed by atoms with Crippen LogP contribution in [0.1, 0.15) is 41.0 Å². The van der Waals surface area contributed by atoms with Crippen LogP contribution in [0.2, 0.25) is 0 Å². The summed E-state index contributed by atoms with van der Waals surface area (Å²) >= 11 is 1.58. The zero-order chi connectivity index (χ0) is 15.3. The summed E-state index contributed by atoms with van der Waals surface area (Å²) in [5.74, 6) is 1.89. The van der Waals surface area contributed by atoms with Gasteiger partial charge in [-0.3, -0.25) is 0 Å². The zero-order valence-electron chi connectivity index (χ0n) is 13.8. The van der Waals surface area contributed by atoms with Gasteiger partial charge in [0.2, 0.25) is 0 Å². The Morgan fingerprint density at radius 2 is 2.00 bits per heavy atom. The highest BCUT2D eigenvalue weighted by Crippen LogP contribution is 2.28. The van der Waals surface area contributed by atoms with E-state index in [0.29, 0.717) is 6.04 Å². The molecule has 1 rings (SSSR count). The summed E-state index contributed by atoms with van der Waals surface area (Å²) in [6.07, 6.45) is 3.10. The van der Waals surface area contributed by atoms with Crippen LogP contribution in [0.3, 0.4) is 0 Å². The summed E-state index contributed by atoms with van der Waals surface area (Å²) in [7, 11) is 2.10. The van der Waals surface area contributed by atoms with Gasteiger partial charge < -0.3 is 10.2 Å². The molecule has 1 unspecified atom stereocenters. The number of rotatable bonds is 6. The molecule has 1 aromatic heterocycles. The lowest BCUT2D eigenvalue weighted by molar-refractivity contribution is 0.328. The highest BCUT2D eigenvalue weighted by molar-refractivity contribution is 7.98. The molecule has 1 N–H and O–H groups in total. The van der Waals surface area contributed by atoms with Crippen molar-refractivity contribution in [2.45, 2.75) is 52.2 Å². The largest absolute Gasteiger partial charge is 0.370 e. The molecule has 0 aliphatic rings. The van der Waals surface area contributed by atoms with Crippen LogP contribution >= 0.6 is 11.8 Å². The van der Waals surface area contributed by atoms with Gasteiger partial charge in [0.15, 0.2) is 5.16 Å². The highest BCUT2D eigenvalue weighted by Gasteiger charge is 2.25. The zero-order valence-corrected chi connectivity index (χ0v) is 14.6. The molecule has 1 aromatic rings. The Hall–Kier alpha value is -0.970. The van der Waals surface area contributed by atoms with Crippen LogP contribution in [0.25, 0.3) is 0 Å². The second kappa shape index (κ2) is 7.16. The topological polar surface area (TPSA) is 41.0 Å². The third-order valence-corrected chi connectivity index (χ3v) is 4.17. The van der Waals surface area contributed by atoms with Crippen LogP contribution in [0.4, 0.5) is 11.6 Å². The van der Waals surface area contributed by atoms with Gasteiger partial charge in [0.1, 0.15) is 11.6 Å². The number of nitrogens with zero attached hydrogens (tertiary/aromatic N) is 3. The summed E-state index contributed by atoms with van der Waals surface area (Å²) in [5, 5.41) is 4.16. The van der Waals surface area contributed by atoms with E-state index in [9.17, 15) is 0 Å². The molecule has 0 saturated heterocycles. The van der Waals surface area contributed by atoms with Gasteiger partial charge in [-0.2, -0.15) is 0 Å². The van der Waals surface area contributed by atoms with E-state index in [4.69, 9.17) is 0 Å². The Labute approximate surface area is 127 Å². The third kappa shape index (κ3) is 4.54. The fourth-order valence-electron chi connectivity index (χ4n) is 1.81. The van der Waals surface area contributed by atoms with E-state index in [1.807, 2.05) is 12.3 Å². The van der Waals surface area contributed by atoms with E-state index >= 15 is 0 Å². The average molecular weight is 296 g/mol. The molecular formula is C15H28N4S. The monoisotopic (exact) mass is 296 g/mol. The molecule has 0 aromatic carbocycles. The van der Waals surface area contributed by atoms with Gasteiger partial charge in [0.05, 0.1) is 0 Å². The normalized spacial score (nSPS) is 13.2. The predicted octanol–water partition coefficient (Wildman–Crippen LogP) is 3.89. The van der Waals surface area contributed by atoms with Crippen molar-refractivity contribution in [3.8, 4) is 0 Å². The Bertz CT molecular complexity index is 428. The van der Waals surface area contributed by atoms with Crippen molar-refractivity contribution in [2.75, 3.05) is 30.1 Å². The quantitative estimate of drug-likeness (QED) is 0.637. The van der Waals surface area contributed by atoms with Crippen molar-refractivity contribution >= 4 is 23.4 Å². The molecule has 5 heteroatoms. The molecule has 0 saturated carbocycles. The summed E-state index contributed by atoms with van der Waals surface area (Å²) in [6, 6.07) is 2.43. The molecule has 0 bridgehead atoms. The standard InChI is InChI=1S/C15H28N4S/c1-8-9-16-12-10-13(18-14(17-12)20-7)19(6)11(2)15(3,4)5/h10-11H,8-9H2,1-7H3,(H,16,17,18). The molecule has 114 valence electrons. The van der Waals surface area contributed by atoms with Crippen LogP contribution < -0.4 is 10.2 Å². The van der Waals surface area contributed by atoms with Crippen molar-refractivity contribution in [1.29, 1.82) is 0 Å². The van der Waals surface area contributed by atoms with E-state index in [1.54, 1.807) is 11.8 Å². The fourth-order valence-corrected chi connectivity index (χ4v) is 2.18. The number of hydrogen-bond donors (Lipinski definition) is 1. The maximum Gasteiger partial charge on any atom is 0.191 e. The van der Waals surface area contributed by atoms with Crippen LogP contribution in [0.15, 0.2) is 11.2 Å². The van der Waals surface area contributed by atoms with E-state index in [2.05, 4.69) is 61.9 Å². The maximum absolute atomic E-state index is 4.63. The smallest absolute Gasteiger partial charge is 0.191 e. The van der Waals surface area contributed by atoms with Crippen molar-refractivity contribution < 1.29 is 0 Å². The second-order valence-electron chi connectivity index (χ2n) is 6.18. The minimum absolute atomic E-state index is 0.205. The van der Waals surface area contributed by atoms with Crippen LogP contribution in [0.5, 0.6) is 0 Å². The van der Waals surface area contributed by atoms with Crippen molar-refractivity contribution in [3.63, 3.8) is 0 Å². The van der Waals surface area contributed by atoms with Crippen LogP contribution in [0, 0.1) is 5.41 Å². The SMILES string of the molecule is CCCNc1cc(N(C)C(C)C(C)(C)C)nc(SC)n1. The number of aromatic nitrogens is 2. The molecule has 0 fully saturated rings. The lowest BCUT2D eigenvalue weighted by atomic mass is 9.87. The molecule has 0 aliphatic carbocycles. The first-order valence-electron chi connectivity index (χ1n) is 7.19. The maximum atomic E-state index is 4.63. The highest BCUT2D eigenvalue weighted by atomic mass is 32.2. The lowest BCUT2D eigenvalue weighted by Crippen LogP contribution is -2.39. The molecule has 20 heavy (non-hydrogen) atoms. The number of nitrogens with one attached hydrogen (secondary N) is 1. The molecule has 1 heterocycles. The summed E-state index contributed by atoms with van der Waals surface area (Å²) < 4.78 is 0. The molecule has 0 spiro atoms. The van der Waals surface area contributed by atoms with Crippen molar-refractivity contribution in [3.05, 3.63) is 6.07 Å². The fraction of sp³-hybridized carbons (Fsp3) is 0.733. The molecular weight excluding hydrogens is 268 g/mol. The number of hydrogen-bond acceptors (Lipinski definition) is 5. The van der Waals surface area contributed by atoms with Gasteiger partial charge in [0, 0.05) is 25.7 Å². The van der Waals surface area contributed by atoms with Crippen molar-refractivity contribution in [2.24, 2.45) is 5.41 Å². The van der Waals surface area contributed by atoms with Gasteiger partial charge in [-0.25, -0.2) is 9.97 Å². The first-order valence-corrected chi connectivity index (χ1v) is 8.41. The minimum atomic E-state index is 0.205. The summed E-state index contributed by atoms with van der Waals surface area (Å²) in [4.78, 5) is 11.4. The van der Waals surface area contributed by atoms with E-state index in [0.717, 1.165) is 29.8 Å². The van der Waals surface area contributed by atoms with Crippen molar-refractivity contribution in [1.82, 2.24) is 9.97 Å². The van der Waals surface area contributed by atoms with Gasteiger partial charge in [-0.15, -0.1) is 0 Å². The first kappa shape index (κ1) is 17.1. The molecule has 0 amide bonds. The third-order valence-electron chi connectivity index (χ3n) is 3.63. The van der Waals surface area contributed by atoms with Gasteiger partial charge in [0.25, 0.3) is 0 Å². The Morgan fingerprint density at radius 3 is 2.50 bits per heavy atom. The Morgan fingerprint density at radius 1 is 1.35 bits per heavy atom. The minimum Gasteiger partial charge on any atom is -0.370 e. The predicted molar refractivity (Wildman–Crippen MR) is 89.9 cm³/mol. The van der Waals surface area contributed by atoms with Gasteiger partial charge in [-0.05, 0) is 25.0 Å². The lowest BCUT2D eigenvalue weighted by Gasteiger charge is -2.36. The van der Waals surface area contributed by atoms with Crippen LogP contribution in [-0.4, -0.2) is 35.9 Å². The number of anilines is 2. The van der Waals surface area contributed by atoms with Gasteiger partial charge >= 0.3 is 0 Å². The van der Waals surface area contributed by atoms with E-state index < -0.39 is 0 Å². The van der Waals surface area contributed by atoms with E-state index in [1.165, 1.54) is 0 Å². The second-order valence-corrected chi connectivity index (χ2v) is 6.95. The Kier molecular flexibility index (Phi) is 6.11. The summed E-state index contributed by atoms with van der Waals surface area (Å²) in [5.41, 5.74) is 0.205. The Balaban J connectivity index is 3.03. The molecule has 4 nitrogen and oxygen atoms in total. The van der Waals surface area contributed by atoms with E-state index in [-0.39, 0.29) is 5.41 Å². The molecule has 0 aliphatic heterocycles. The summed E-state index contributed by atoms with van der Waals surface area (Å²) in [6.45, 7) is 12.1. The average Bonchev–Trinajstić information content (AvgIpc) is 2.41. The first-order chi connectivity index (χ1) is 9.29. The van der Waals surface area contributed by atoms with Gasteiger partial charge in [-0.1, -0.05) is 39.5 Å². The molecule has 0 radical (unpaired) electrons. The number of thioether (sulfide) groups is 1. The molecule has 1 atom stereocenters. The van der Waals surface area contributed by atoms with Crippen LogP contribution in [-0.2, 0) is 0 Å².